The van der Waals surface area contributed by atoms with Crippen LogP contribution in [0.25, 0.3) is 22.2 Å². The average molecular weight is 398 g/mol. The smallest absolute Gasteiger partial charge is 0.256 e. The first-order valence-electron chi connectivity index (χ1n) is 10.1. The van der Waals surface area contributed by atoms with Crippen LogP contribution in [0, 0.1) is 11.7 Å². The van der Waals surface area contributed by atoms with Gasteiger partial charge in [-0.1, -0.05) is 62.4 Å². The van der Waals surface area contributed by atoms with Crippen LogP contribution < -0.4 is 5.32 Å². The van der Waals surface area contributed by atoms with Crippen LogP contribution >= 0.6 is 0 Å². The van der Waals surface area contributed by atoms with Crippen molar-refractivity contribution in [2.75, 3.05) is 5.32 Å². The highest BCUT2D eigenvalue weighted by Crippen LogP contribution is 2.26. The number of fused-ring (bicyclic) bond motifs is 1. The largest absolute Gasteiger partial charge is 0.322 e. The van der Waals surface area contributed by atoms with E-state index < -0.39 is 5.82 Å². The highest BCUT2D eigenvalue weighted by atomic mass is 19.1. The summed E-state index contributed by atoms with van der Waals surface area (Å²) in [6, 6.07) is 23.5. The summed E-state index contributed by atoms with van der Waals surface area (Å²) >= 11 is 0. The molecule has 3 aromatic carbocycles. The summed E-state index contributed by atoms with van der Waals surface area (Å²) in [6.45, 7) is 4.39. The zero-order valence-corrected chi connectivity index (χ0v) is 17.0. The van der Waals surface area contributed by atoms with Gasteiger partial charge < -0.3 is 5.32 Å². The van der Waals surface area contributed by atoms with Crippen LogP contribution in [-0.2, 0) is 6.42 Å². The molecule has 0 radical (unpaired) electrons. The number of para-hydroxylation sites is 1. The SMILES string of the molecule is CC(C)Cc1ccc(-c2cc(C(=O)Nc3cccc(F)c3)c3ccccc3n2)cc1. The van der Waals surface area contributed by atoms with Crippen molar-refractivity contribution in [1.82, 2.24) is 4.98 Å². The maximum Gasteiger partial charge on any atom is 0.256 e. The third kappa shape index (κ3) is 4.38. The van der Waals surface area contributed by atoms with Crippen LogP contribution in [0.3, 0.4) is 0 Å². The zero-order valence-electron chi connectivity index (χ0n) is 17.0. The van der Waals surface area contributed by atoms with Gasteiger partial charge in [0, 0.05) is 16.6 Å². The van der Waals surface area contributed by atoms with Crippen molar-refractivity contribution in [2.45, 2.75) is 20.3 Å². The lowest BCUT2D eigenvalue weighted by atomic mass is 9.99. The number of hydrogen-bond acceptors (Lipinski definition) is 2. The second-order valence-corrected chi connectivity index (χ2v) is 7.83. The first kappa shape index (κ1) is 19.8. The van der Waals surface area contributed by atoms with Crippen molar-refractivity contribution in [2.24, 2.45) is 5.92 Å². The molecule has 0 aliphatic carbocycles. The summed E-state index contributed by atoms with van der Waals surface area (Å²) in [5.41, 5.74) is 4.62. The van der Waals surface area contributed by atoms with Crippen LogP contribution in [0.15, 0.2) is 78.9 Å². The number of aromatic nitrogens is 1. The van der Waals surface area contributed by atoms with E-state index in [0.717, 1.165) is 28.6 Å². The van der Waals surface area contributed by atoms with Crippen molar-refractivity contribution < 1.29 is 9.18 Å². The number of rotatable bonds is 5. The van der Waals surface area contributed by atoms with Gasteiger partial charge >= 0.3 is 0 Å². The predicted octanol–water partition coefficient (Wildman–Crippen LogP) is 6.49. The van der Waals surface area contributed by atoms with Gasteiger partial charge in [0.1, 0.15) is 5.82 Å². The number of carbonyl (C=O) groups is 1. The predicted molar refractivity (Wildman–Crippen MR) is 120 cm³/mol. The fourth-order valence-electron chi connectivity index (χ4n) is 3.56. The Labute approximate surface area is 175 Å². The number of halogens is 1. The van der Waals surface area contributed by atoms with E-state index in [1.54, 1.807) is 18.2 Å². The van der Waals surface area contributed by atoms with Gasteiger partial charge in [-0.15, -0.1) is 0 Å². The van der Waals surface area contributed by atoms with Gasteiger partial charge in [-0.25, -0.2) is 9.37 Å². The van der Waals surface area contributed by atoms with Gasteiger partial charge in [-0.3, -0.25) is 4.79 Å². The van der Waals surface area contributed by atoms with E-state index >= 15 is 0 Å². The van der Waals surface area contributed by atoms with Crippen LogP contribution in [0.5, 0.6) is 0 Å². The van der Waals surface area contributed by atoms with Crippen molar-refractivity contribution >= 4 is 22.5 Å². The monoisotopic (exact) mass is 398 g/mol. The molecule has 30 heavy (non-hydrogen) atoms. The molecule has 0 bridgehead atoms. The third-order valence-electron chi connectivity index (χ3n) is 4.94. The summed E-state index contributed by atoms with van der Waals surface area (Å²) in [7, 11) is 0. The molecule has 0 spiro atoms. The van der Waals surface area contributed by atoms with Crippen LogP contribution in [0.2, 0.25) is 0 Å². The molecule has 0 atom stereocenters. The molecular formula is C26H23FN2O. The second-order valence-electron chi connectivity index (χ2n) is 7.83. The van der Waals surface area contributed by atoms with Crippen LogP contribution in [0.4, 0.5) is 10.1 Å². The first-order valence-corrected chi connectivity index (χ1v) is 10.1. The van der Waals surface area contributed by atoms with E-state index in [2.05, 4.69) is 31.3 Å². The average Bonchev–Trinajstić information content (AvgIpc) is 2.73. The molecule has 4 aromatic rings. The number of benzene rings is 3. The number of carbonyl (C=O) groups excluding carboxylic acids is 1. The van der Waals surface area contributed by atoms with Crippen LogP contribution in [0.1, 0.15) is 29.8 Å². The fourth-order valence-corrected chi connectivity index (χ4v) is 3.56. The Morgan fingerprint density at radius 3 is 2.47 bits per heavy atom. The number of amides is 1. The van der Waals surface area contributed by atoms with E-state index in [9.17, 15) is 9.18 Å². The molecule has 3 nitrogen and oxygen atoms in total. The Morgan fingerprint density at radius 2 is 1.73 bits per heavy atom. The number of hydrogen-bond donors (Lipinski definition) is 1. The van der Waals surface area contributed by atoms with Crippen molar-refractivity contribution in [1.29, 1.82) is 0 Å². The van der Waals surface area contributed by atoms with Gasteiger partial charge in [-0.05, 0) is 48.2 Å². The topological polar surface area (TPSA) is 42.0 Å². The molecular weight excluding hydrogens is 375 g/mol. The summed E-state index contributed by atoms with van der Waals surface area (Å²) in [4.78, 5) is 17.8. The van der Waals surface area contributed by atoms with E-state index in [-0.39, 0.29) is 5.91 Å². The Bertz CT molecular complexity index is 1200. The molecule has 4 heteroatoms. The molecule has 0 unspecified atom stereocenters. The van der Waals surface area contributed by atoms with Crippen molar-refractivity contribution in [3.05, 3.63) is 95.8 Å². The molecule has 4 rings (SSSR count). The minimum atomic E-state index is -0.394. The second kappa shape index (κ2) is 8.46. The summed E-state index contributed by atoms with van der Waals surface area (Å²) in [5.74, 6) is -0.0980. The van der Waals surface area contributed by atoms with Gasteiger partial charge in [0.15, 0.2) is 0 Å². The van der Waals surface area contributed by atoms with Crippen LogP contribution in [-0.4, -0.2) is 10.9 Å². The molecule has 1 amide bonds. The Morgan fingerprint density at radius 1 is 0.967 bits per heavy atom. The number of nitrogens with zero attached hydrogens (tertiary/aromatic N) is 1. The molecule has 0 saturated heterocycles. The fraction of sp³-hybridized carbons (Fsp3) is 0.154. The van der Waals surface area contributed by atoms with E-state index in [1.165, 1.54) is 17.7 Å². The molecule has 0 aliphatic rings. The van der Waals surface area contributed by atoms with Crippen molar-refractivity contribution in [3.63, 3.8) is 0 Å². The number of nitrogens with one attached hydrogen (secondary N) is 1. The first-order chi connectivity index (χ1) is 14.5. The maximum atomic E-state index is 13.5. The lowest BCUT2D eigenvalue weighted by molar-refractivity contribution is 0.102. The Kier molecular flexibility index (Phi) is 5.57. The minimum Gasteiger partial charge on any atom is -0.322 e. The lowest BCUT2D eigenvalue weighted by Crippen LogP contribution is -2.13. The molecule has 1 aromatic heterocycles. The van der Waals surface area contributed by atoms with E-state index in [1.807, 2.05) is 36.4 Å². The normalized spacial score (nSPS) is 11.1. The summed E-state index contributed by atoms with van der Waals surface area (Å²) in [5, 5.41) is 3.55. The molecule has 1 heterocycles. The number of pyridine rings is 1. The quantitative estimate of drug-likeness (QED) is 0.417. The highest BCUT2D eigenvalue weighted by Gasteiger charge is 2.14. The summed E-state index contributed by atoms with van der Waals surface area (Å²) < 4.78 is 13.5. The van der Waals surface area contributed by atoms with Gasteiger partial charge in [-0.2, -0.15) is 0 Å². The zero-order chi connectivity index (χ0) is 21.1. The van der Waals surface area contributed by atoms with Crippen molar-refractivity contribution in [3.8, 4) is 11.3 Å². The Hall–Kier alpha value is -3.53. The van der Waals surface area contributed by atoms with Gasteiger partial charge in [0.2, 0.25) is 0 Å². The molecule has 150 valence electrons. The van der Waals surface area contributed by atoms with Gasteiger partial charge in [0.05, 0.1) is 16.8 Å². The summed E-state index contributed by atoms with van der Waals surface area (Å²) in [6.07, 6.45) is 1.02. The lowest BCUT2D eigenvalue weighted by Gasteiger charge is -2.11. The van der Waals surface area contributed by atoms with Gasteiger partial charge in [0.25, 0.3) is 5.91 Å². The Balaban J connectivity index is 1.73. The highest BCUT2D eigenvalue weighted by molar-refractivity contribution is 6.13. The minimum absolute atomic E-state index is 0.295. The maximum absolute atomic E-state index is 13.5. The third-order valence-corrected chi connectivity index (χ3v) is 4.94. The molecule has 0 saturated carbocycles. The molecule has 0 fully saturated rings. The van der Waals surface area contributed by atoms with E-state index in [4.69, 9.17) is 4.98 Å². The van der Waals surface area contributed by atoms with E-state index in [0.29, 0.717) is 17.2 Å². The number of anilines is 1. The molecule has 0 aliphatic heterocycles. The molecule has 1 N–H and O–H groups in total. The standard InChI is InChI=1S/C26H23FN2O/c1-17(2)14-18-10-12-19(13-11-18)25-16-23(22-8-3-4-9-24(22)29-25)26(30)28-21-7-5-6-20(27)15-21/h3-13,15-17H,14H2,1-2H3,(H,28,30).